The number of nitrogens with one attached hydrogen (secondary N) is 2. The average molecular weight is 280 g/mol. The molecule has 5 heteroatoms. The summed E-state index contributed by atoms with van der Waals surface area (Å²) in [5.74, 6) is -2.58. The second-order valence-corrected chi connectivity index (χ2v) is 5.83. The molecule has 1 aliphatic heterocycles. The van der Waals surface area contributed by atoms with Gasteiger partial charge in [0, 0.05) is 11.6 Å². The van der Waals surface area contributed by atoms with Gasteiger partial charge in [-0.25, -0.2) is 8.78 Å². The van der Waals surface area contributed by atoms with E-state index in [1.807, 2.05) is 0 Å². The Labute approximate surface area is 116 Å². The lowest BCUT2D eigenvalue weighted by atomic mass is 9.70. The lowest BCUT2D eigenvalue weighted by Gasteiger charge is -2.48. The molecule has 1 amide bonds. The zero-order valence-corrected chi connectivity index (χ0v) is 11.2. The summed E-state index contributed by atoms with van der Waals surface area (Å²) in [5.41, 5.74) is -0.0531. The molecule has 108 valence electrons. The van der Waals surface area contributed by atoms with Gasteiger partial charge in [-0.05, 0) is 50.8 Å². The first kappa shape index (κ1) is 13.5. The fraction of sp³-hybridized carbons (Fsp3) is 0.533. The Hall–Kier alpha value is -1.49. The molecule has 1 aromatic carbocycles. The molecule has 1 unspecified atom stereocenters. The van der Waals surface area contributed by atoms with Crippen LogP contribution in [0.5, 0.6) is 0 Å². The number of carbonyl (C=O) groups excluding carboxylic acids is 1. The van der Waals surface area contributed by atoms with E-state index in [1.54, 1.807) is 0 Å². The van der Waals surface area contributed by atoms with E-state index in [2.05, 4.69) is 10.6 Å². The zero-order chi connectivity index (χ0) is 14.2. The summed E-state index contributed by atoms with van der Waals surface area (Å²) in [5, 5.41) is 6.35. The molecule has 1 saturated carbocycles. The van der Waals surface area contributed by atoms with Crippen LogP contribution in [0.15, 0.2) is 18.2 Å². The molecule has 0 radical (unpaired) electrons. The monoisotopic (exact) mass is 280 g/mol. The van der Waals surface area contributed by atoms with E-state index in [0.717, 1.165) is 38.3 Å². The van der Waals surface area contributed by atoms with Crippen LogP contribution in [0.25, 0.3) is 0 Å². The highest BCUT2D eigenvalue weighted by Gasteiger charge is 2.41. The molecule has 1 heterocycles. The number of halogens is 2. The fourth-order valence-electron chi connectivity index (χ4n) is 3.21. The molecule has 3 rings (SSSR count). The molecule has 20 heavy (non-hydrogen) atoms. The maximum absolute atomic E-state index is 13.6. The minimum Gasteiger partial charge on any atom is -0.349 e. The lowest BCUT2D eigenvalue weighted by molar-refractivity contribution is 0.0848. The second-order valence-electron chi connectivity index (χ2n) is 5.83. The smallest absolute Gasteiger partial charge is 0.254 e. The maximum Gasteiger partial charge on any atom is 0.254 e. The van der Waals surface area contributed by atoms with Crippen molar-refractivity contribution < 1.29 is 13.6 Å². The molecule has 2 fully saturated rings. The second kappa shape index (κ2) is 5.13. The number of rotatable bonds is 2. The van der Waals surface area contributed by atoms with Crippen molar-refractivity contribution in [2.75, 3.05) is 6.54 Å². The molecule has 3 nitrogen and oxygen atoms in total. The third kappa shape index (κ3) is 2.42. The Morgan fingerprint density at radius 2 is 2.15 bits per heavy atom. The van der Waals surface area contributed by atoms with Crippen molar-refractivity contribution in [3.8, 4) is 0 Å². The van der Waals surface area contributed by atoms with Gasteiger partial charge in [0.15, 0.2) is 11.6 Å². The number of amides is 1. The number of carbonyl (C=O) groups is 1. The number of hydrogen-bond acceptors (Lipinski definition) is 2. The van der Waals surface area contributed by atoms with Gasteiger partial charge in [0.2, 0.25) is 0 Å². The van der Waals surface area contributed by atoms with Crippen molar-refractivity contribution in [1.82, 2.24) is 10.6 Å². The van der Waals surface area contributed by atoms with Crippen LogP contribution in [-0.4, -0.2) is 24.0 Å². The number of hydrogen-bond donors (Lipinski definition) is 2. The van der Waals surface area contributed by atoms with Gasteiger partial charge >= 0.3 is 0 Å². The third-order valence-electron chi connectivity index (χ3n) is 4.47. The topological polar surface area (TPSA) is 41.1 Å². The van der Waals surface area contributed by atoms with Gasteiger partial charge in [-0.1, -0.05) is 6.07 Å². The molecular weight excluding hydrogens is 262 g/mol. The van der Waals surface area contributed by atoms with Crippen LogP contribution in [0, 0.1) is 11.6 Å². The molecular formula is C15H18F2N2O. The lowest BCUT2D eigenvalue weighted by Crippen LogP contribution is -2.59. The van der Waals surface area contributed by atoms with E-state index < -0.39 is 17.5 Å². The first-order chi connectivity index (χ1) is 9.60. The van der Waals surface area contributed by atoms with Crippen LogP contribution in [0.4, 0.5) is 8.78 Å². The van der Waals surface area contributed by atoms with Crippen LogP contribution in [0.1, 0.15) is 42.5 Å². The summed E-state index contributed by atoms with van der Waals surface area (Å²) >= 11 is 0. The number of benzene rings is 1. The van der Waals surface area contributed by atoms with Gasteiger partial charge in [0.1, 0.15) is 0 Å². The summed E-state index contributed by atoms with van der Waals surface area (Å²) < 4.78 is 26.7. The number of piperidine rings is 1. The Morgan fingerprint density at radius 1 is 1.35 bits per heavy atom. The van der Waals surface area contributed by atoms with Crippen molar-refractivity contribution >= 4 is 5.91 Å². The molecule has 1 spiro atoms. The van der Waals surface area contributed by atoms with Gasteiger partial charge in [0.25, 0.3) is 5.91 Å². The third-order valence-corrected chi connectivity index (χ3v) is 4.47. The van der Waals surface area contributed by atoms with Crippen molar-refractivity contribution in [3.63, 3.8) is 0 Å². The first-order valence-corrected chi connectivity index (χ1v) is 7.10. The van der Waals surface area contributed by atoms with Crippen LogP contribution in [0.3, 0.4) is 0 Å². The van der Waals surface area contributed by atoms with E-state index in [9.17, 15) is 13.6 Å². The summed E-state index contributed by atoms with van der Waals surface area (Å²) in [6.07, 6.45) is 5.17. The van der Waals surface area contributed by atoms with E-state index in [-0.39, 0.29) is 17.1 Å². The minimum atomic E-state index is -1.07. The van der Waals surface area contributed by atoms with E-state index >= 15 is 0 Å². The predicted molar refractivity (Wildman–Crippen MR) is 71.4 cm³/mol. The van der Waals surface area contributed by atoms with Crippen molar-refractivity contribution in [2.45, 2.75) is 43.7 Å². The molecule has 2 N–H and O–H groups in total. The highest BCUT2D eigenvalue weighted by atomic mass is 19.2. The van der Waals surface area contributed by atoms with Gasteiger partial charge < -0.3 is 10.6 Å². The fourth-order valence-corrected chi connectivity index (χ4v) is 3.21. The molecule has 1 saturated heterocycles. The zero-order valence-electron chi connectivity index (χ0n) is 11.2. The van der Waals surface area contributed by atoms with Gasteiger partial charge in [0.05, 0.1) is 5.56 Å². The molecule has 0 bridgehead atoms. The normalized spacial score (nSPS) is 24.2. The minimum absolute atomic E-state index is 0.0340. The standard InChI is InChI=1S/C15H18F2N2O/c16-12-4-1-3-11(13(12)17)14(20)19-10-5-8-18-15(9-10)6-2-7-15/h1,3-4,10,18H,2,5-9H2,(H,19,20). The van der Waals surface area contributed by atoms with Crippen molar-refractivity contribution in [1.29, 1.82) is 0 Å². The highest BCUT2D eigenvalue weighted by molar-refractivity contribution is 5.94. The molecule has 1 aromatic rings. The van der Waals surface area contributed by atoms with Gasteiger partial charge in [-0.2, -0.15) is 0 Å². The Balaban J connectivity index is 1.68. The maximum atomic E-state index is 13.6. The Bertz CT molecular complexity index is 529. The van der Waals surface area contributed by atoms with E-state index in [4.69, 9.17) is 0 Å². The Morgan fingerprint density at radius 3 is 2.85 bits per heavy atom. The largest absolute Gasteiger partial charge is 0.349 e. The molecule has 0 aromatic heterocycles. The van der Waals surface area contributed by atoms with E-state index in [1.165, 1.54) is 18.6 Å². The van der Waals surface area contributed by atoms with Crippen molar-refractivity contribution in [3.05, 3.63) is 35.4 Å². The van der Waals surface area contributed by atoms with Crippen LogP contribution in [0.2, 0.25) is 0 Å². The van der Waals surface area contributed by atoms with Crippen LogP contribution >= 0.6 is 0 Å². The molecule has 1 aliphatic carbocycles. The molecule has 1 atom stereocenters. The molecule has 2 aliphatic rings. The average Bonchev–Trinajstić information content (AvgIpc) is 2.40. The summed E-state index contributed by atoms with van der Waals surface area (Å²) in [4.78, 5) is 12.1. The highest BCUT2D eigenvalue weighted by Crippen LogP contribution is 2.38. The predicted octanol–water partition coefficient (Wildman–Crippen LogP) is 2.37. The Kier molecular flexibility index (Phi) is 3.46. The first-order valence-electron chi connectivity index (χ1n) is 7.10. The van der Waals surface area contributed by atoms with E-state index in [0.29, 0.717) is 0 Å². The summed E-state index contributed by atoms with van der Waals surface area (Å²) in [7, 11) is 0. The van der Waals surface area contributed by atoms with Gasteiger partial charge in [-0.3, -0.25) is 4.79 Å². The summed E-state index contributed by atoms with van der Waals surface area (Å²) in [6, 6.07) is 3.71. The van der Waals surface area contributed by atoms with Crippen molar-refractivity contribution in [2.24, 2.45) is 0 Å². The summed E-state index contributed by atoms with van der Waals surface area (Å²) in [6.45, 7) is 0.858. The van der Waals surface area contributed by atoms with Crippen LogP contribution < -0.4 is 10.6 Å². The quantitative estimate of drug-likeness (QED) is 0.873. The van der Waals surface area contributed by atoms with Gasteiger partial charge in [-0.15, -0.1) is 0 Å². The SMILES string of the molecule is O=C(NC1CCNC2(CCC2)C1)c1cccc(F)c1F. The van der Waals surface area contributed by atoms with Crippen LogP contribution in [-0.2, 0) is 0 Å².